The molecule has 0 fully saturated rings. The number of nitrogens with one attached hydrogen (secondary N) is 2. The lowest BCUT2D eigenvalue weighted by atomic mass is 9.90. The van der Waals surface area contributed by atoms with Crippen LogP contribution in [-0.4, -0.2) is 46.3 Å². The van der Waals surface area contributed by atoms with Crippen molar-refractivity contribution in [3.8, 4) is 5.75 Å². The summed E-state index contributed by atoms with van der Waals surface area (Å²) < 4.78 is 64.1. The third-order valence-corrected chi connectivity index (χ3v) is 4.70. The summed E-state index contributed by atoms with van der Waals surface area (Å²) in [6, 6.07) is 5.85. The summed E-state index contributed by atoms with van der Waals surface area (Å²) in [5.41, 5.74) is 0.0203. The Balaban J connectivity index is 2.63. The number of benzene rings is 1. The average molecular weight is 409 g/mol. The first-order chi connectivity index (χ1) is 12.3. The number of aliphatic imine (C=N–C) groups is 1. The molecule has 0 saturated heterocycles. The molecule has 1 rings (SSSR count). The highest BCUT2D eigenvalue weighted by Gasteiger charge is 2.32. The van der Waals surface area contributed by atoms with Gasteiger partial charge in [-0.15, -0.1) is 13.2 Å². The predicted octanol–water partition coefficient (Wildman–Crippen LogP) is 2.71. The first kappa shape index (κ1) is 23.1. The molecule has 27 heavy (non-hydrogen) atoms. The van der Waals surface area contributed by atoms with Gasteiger partial charge in [0.15, 0.2) is 5.96 Å². The molecule has 0 spiro atoms. The normalized spacial score (nSPS) is 13.4. The van der Waals surface area contributed by atoms with Gasteiger partial charge in [-0.1, -0.05) is 32.0 Å². The van der Waals surface area contributed by atoms with E-state index in [-0.39, 0.29) is 23.5 Å². The van der Waals surface area contributed by atoms with Gasteiger partial charge in [-0.2, -0.15) is 0 Å². The Kier molecular flexibility index (Phi) is 7.94. The molecule has 0 atom stereocenters. The average Bonchev–Trinajstić information content (AvgIpc) is 2.52. The van der Waals surface area contributed by atoms with Crippen molar-refractivity contribution in [3.63, 3.8) is 0 Å². The van der Waals surface area contributed by atoms with Crippen LogP contribution < -0.4 is 15.4 Å². The van der Waals surface area contributed by atoms with E-state index in [0.717, 1.165) is 0 Å². The monoisotopic (exact) mass is 409 g/mol. The van der Waals surface area contributed by atoms with Crippen LogP contribution in [0.25, 0.3) is 0 Å². The molecule has 0 aliphatic rings. The summed E-state index contributed by atoms with van der Waals surface area (Å²) in [6.07, 6.45) is -3.10. The minimum atomic E-state index is -4.76. The van der Waals surface area contributed by atoms with Crippen molar-refractivity contribution < 1.29 is 26.3 Å². The lowest BCUT2D eigenvalue weighted by Gasteiger charge is -2.26. The lowest BCUT2D eigenvalue weighted by molar-refractivity contribution is -0.274. The number of halogens is 3. The minimum Gasteiger partial charge on any atom is -0.405 e. The Hall–Kier alpha value is -1.97. The van der Waals surface area contributed by atoms with Gasteiger partial charge in [0, 0.05) is 32.0 Å². The molecule has 6 nitrogen and oxygen atoms in total. The smallest absolute Gasteiger partial charge is 0.405 e. The van der Waals surface area contributed by atoms with Gasteiger partial charge in [0.2, 0.25) is 0 Å². The van der Waals surface area contributed by atoms with Gasteiger partial charge in [0.05, 0.1) is 5.75 Å². The van der Waals surface area contributed by atoms with Gasteiger partial charge in [0.1, 0.15) is 15.6 Å². The number of nitrogens with zero attached hydrogens (tertiary/aromatic N) is 1. The molecule has 0 radical (unpaired) electrons. The second kappa shape index (κ2) is 9.29. The molecule has 0 heterocycles. The van der Waals surface area contributed by atoms with Crippen molar-refractivity contribution in [2.24, 2.45) is 10.4 Å². The quantitative estimate of drug-likeness (QED) is 0.510. The van der Waals surface area contributed by atoms with Crippen molar-refractivity contribution in [3.05, 3.63) is 29.8 Å². The highest BCUT2D eigenvalue weighted by molar-refractivity contribution is 7.90. The van der Waals surface area contributed by atoms with Gasteiger partial charge < -0.3 is 15.4 Å². The maximum Gasteiger partial charge on any atom is 0.573 e. The number of para-hydroxylation sites is 1. The molecular formula is C17H26F3N3O3S. The lowest BCUT2D eigenvalue weighted by Crippen LogP contribution is -2.42. The van der Waals surface area contributed by atoms with Crippen LogP contribution in [0.15, 0.2) is 29.3 Å². The number of hydrogen-bond donors (Lipinski definition) is 2. The first-order valence-electron chi connectivity index (χ1n) is 8.27. The number of sulfone groups is 1. The molecule has 2 N–H and O–H groups in total. The van der Waals surface area contributed by atoms with Crippen LogP contribution in [0.1, 0.15) is 25.8 Å². The van der Waals surface area contributed by atoms with Crippen LogP contribution in [0.3, 0.4) is 0 Å². The summed E-state index contributed by atoms with van der Waals surface area (Å²) >= 11 is 0. The summed E-state index contributed by atoms with van der Waals surface area (Å²) in [7, 11) is -1.51. The highest BCUT2D eigenvalue weighted by atomic mass is 32.2. The van der Waals surface area contributed by atoms with Crippen molar-refractivity contribution in [2.75, 3.05) is 25.6 Å². The Morgan fingerprint density at radius 2 is 1.81 bits per heavy atom. The SMILES string of the molecule is CN=C(NCc1ccccc1OC(F)(F)F)NCC(C)(C)CCS(C)(=O)=O. The first-order valence-corrected chi connectivity index (χ1v) is 10.3. The molecule has 154 valence electrons. The van der Waals surface area contributed by atoms with E-state index < -0.39 is 16.2 Å². The summed E-state index contributed by atoms with van der Waals surface area (Å²) in [4.78, 5) is 4.03. The molecule has 0 saturated carbocycles. The second-order valence-corrected chi connectivity index (χ2v) is 9.24. The van der Waals surface area contributed by atoms with E-state index in [4.69, 9.17) is 0 Å². The zero-order valence-corrected chi connectivity index (χ0v) is 16.7. The van der Waals surface area contributed by atoms with Crippen LogP contribution in [0.4, 0.5) is 13.2 Å². The highest BCUT2D eigenvalue weighted by Crippen LogP contribution is 2.26. The molecule has 1 aromatic carbocycles. The third kappa shape index (κ3) is 10.1. The number of guanidine groups is 1. The van der Waals surface area contributed by atoms with E-state index in [2.05, 4.69) is 20.4 Å². The van der Waals surface area contributed by atoms with Crippen LogP contribution in [-0.2, 0) is 16.4 Å². The molecule has 0 unspecified atom stereocenters. The second-order valence-electron chi connectivity index (χ2n) is 6.98. The van der Waals surface area contributed by atoms with Crippen molar-refractivity contribution >= 4 is 15.8 Å². The molecule has 0 amide bonds. The van der Waals surface area contributed by atoms with Crippen molar-refractivity contribution in [2.45, 2.75) is 33.2 Å². The number of hydrogen-bond acceptors (Lipinski definition) is 4. The Bertz CT molecular complexity index is 747. The summed E-state index contributed by atoms with van der Waals surface area (Å²) in [5.74, 6) is 0.196. The minimum absolute atomic E-state index is 0.0791. The number of rotatable bonds is 8. The summed E-state index contributed by atoms with van der Waals surface area (Å²) in [5, 5.41) is 6.00. The predicted molar refractivity (Wildman–Crippen MR) is 99.4 cm³/mol. The molecule has 0 aliphatic heterocycles. The van der Waals surface area contributed by atoms with Crippen LogP contribution in [0.2, 0.25) is 0 Å². The molecular weight excluding hydrogens is 383 g/mol. The zero-order valence-electron chi connectivity index (χ0n) is 15.9. The van der Waals surface area contributed by atoms with E-state index >= 15 is 0 Å². The molecule has 1 aromatic rings. The number of ether oxygens (including phenoxy) is 1. The van der Waals surface area contributed by atoms with Crippen molar-refractivity contribution in [1.29, 1.82) is 0 Å². The fourth-order valence-electron chi connectivity index (χ4n) is 2.15. The van der Waals surface area contributed by atoms with Crippen LogP contribution in [0.5, 0.6) is 5.75 Å². The molecule has 0 aromatic heterocycles. The van der Waals surface area contributed by atoms with Gasteiger partial charge in [0.25, 0.3) is 0 Å². The zero-order chi connectivity index (χ0) is 20.7. The van der Waals surface area contributed by atoms with Crippen LogP contribution >= 0.6 is 0 Å². The maximum absolute atomic E-state index is 12.5. The molecule has 0 aliphatic carbocycles. The topological polar surface area (TPSA) is 79.8 Å². The van der Waals surface area contributed by atoms with E-state index in [9.17, 15) is 21.6 Å². The van der Waals surface area contributed by atoms with E-state index in [1.165, 1.54) is 31.5 Å². The van der Waals surface area contributed by atoms with E-state index in [1.54, 1.807) is 6.07 Å². The maximum atomic E-state index is 12.5. The fraction of sp³-hybridized carbons (Fsp3) is 0.588. The van der Waals surface area contributed by atoms with E-state index in [0.29, 0.717) is 24.5 Å². The van der Waals surface area contributed by atoms with Crippen LogP contribution in [0, 0.1) is 5.41 Å². The fourth-order valence-corrected chi connectivity index (χ4v) is 3.07. The standard InChI is InChI=1S/C17H26F3N3O3S/c1-16(2,9-10-27(4,24)25)12-23-15(21-3)22-11-13-7-5-6-8-14(13)26-17(18,19)20/h5-8H,9-12H2,1-4H3,(H2,21,22,23). The van der Waals surface area contributed by atoms with Crippen molar-refractivity contribution in [1.82, 2.24) is 10.6 Å². The largest absolute Gasteiger partial charge is 0.573 e. The third-order valence-electron chi connectivity index (χ3n) is 3.75. The molecule has 10 heteroatoms. The van der Waals surface area contributed by atoms with Gasteiger partial charge in [-0.3, -0.25) is 4.99 Å². The Labute approximate surface area is 158 Å². The summed E-state index contributed by atoms with van der Waals surface area (Å²) in [6.45, 7) is 4.37. The number of alkyl halides is 3. The molecule has 0 bridgehead atoms. The van der Waals surface area contributed by atoms with E-state index in [1.807, 2.05) is 13.8 Å². The Morgan fingerprint density at radius 1 is 1.19 bits per heavy atom. The van der Waals surface area contributed by atoms with Gasteiger partial charge in [-0.25, -0.2) is 8.42 Å². The van der Waals surface area contributed by atoms with Gasteiger partial charge >= 0.3 is 6.36 Å². The van der Waals surface area contributed by atoms with Gasteiger partial charge in [-0.05, 0) is 17.9 Å². The Morgan fingerprint density at radius 3 is 2.37 bits per heavy atom.